The Morgan fingerprint density at radius 1 is 0.667 bits per heavy atom. The maximum atomic E-state index is 5.23. The van der Waals surface area contributed by atoms with Crippen molar-refractivity contribution in [2.75, 3.05) is 6.54 Å². The summed E-state index contributed by atoms with van der Waals surface area (Å²) >= 11 is 0. The van der Waals surface area contributed by atoms with Crippen LogP contribution < -0.4 is 11.3 Å². The van der Waals surface area contributed by atoms with Crippen LogP contribution in [0.4, 0.5) is 0 Å². The van der Waals surface area contributed by atoms with E-state index in [-0.39, 0.29) is 12.4 Å². The monoisotopic (exact) mass is 318 g/mol. The zero-order valence-corrected chi connectivity index (χ0v) is 15.1. The van der Waals surface area contributed by atoms with E-state index in [0.29, 0.717) is 0 Å². The molecule has 0 fully saturated rings. The van der Waals surface area contributed by atoms with Crippen LogP contribution >= 0.6 is 12.4 Å². The van der Waals surface area contributed by atoms with Crippen molar-refractivity contribution >= 4 is 12.4 Å². The Hall–Kier alpha value is -0.0500. The smallest absolute Gasteiger partial charge is 0.00974 e. The van der Waals surface area contributed by atoms with Crippen molar-refractivity contribution in [1.82, 2.24) is 5.43 Å². The van der Waals surface area contributed by atoms with Gasteiger partial charge in [0.2, 0.25) is 0 Å². The van der Waals surface area contributed by atoms with Crippen LogP contribution in [0.15, 0.2) is 12.2 Å². The summed E-state index contributed by atoms with van der Waals surface area (Å²) in [5.74, 6) is 5.23. The van der Waals surface area contributed by atoms with Crippen molar-refractivity contribution in [3.05, 3.63) is 12.2 Å². The standard InChI is InChI=1S/C18H38N2.ClH/c1-2-3-4-5-6-7-8-9-10-11-12-13-14-15-16-17-18-20-19;/h9-10,20H,2-8,11-19H2,1H3;1H. The highest BCUT2D eigenvalue weighted by molar-refractivity contribution is 5.85. The van der Waals surface area contributed by atoms with Gasteiger partial charge in [0.05, 0.1) is 0 Å². The number of hydrazine groups is 1. The molecule has 0 spiro atoms. The van der Waals surface area contributed by atoms with Crippen LogP contribution in [-0.2, 0) is 0 Å². The van der Waals surface area contributed by atoms with Crippen molar-refractivity contribution in [1.29, 1.82) is 0 Å². The number of hydrogen-bond acceptors (Lipinski definition) is 2. The first-order valence-corrected chi connectivity index (χ1v) is 9.00. The molecule has 0 aliphatic heterocycles. The molecule has 128 valence electrons. The van der Waals surface area contributed by atoms with Gasteiger partial charge in [-0.15, -0.1) is 12.4 Å². The molecule has 3 heteroatoms. The van der Waals surface area contributed by atoms with Gasteiger partial charge in [-0.05, 0) is 32.1 Å². The zero-order valence-electron chi connectivity index (χ0n) is 14.2. The molecule has 0 unspecified atom stereocenters. The fourth-order valence-corrected chi connectivity index (χ4v) is 2.47. The minimum atomic E-state index is 0. The van der Waals surface area contributed by atoms with E-state index in [1.165, 1.54) is 89.9 Å². The van der Waals surface area contributed by atoms with Crippen LogP contribution in [0.25, 0.3) is 0 Å². The maximum Gasteiger partial charge on any atom is 0.00974 e. The van der Waals surface area contributed by atoms with E-state index in [9.17, 15) is 0 Å². The lowest BCUT2D eigenvalue weighted by Crippen LogP contribution is -2.22. The van der Waals surface area contributed by atoms with Crippen molar-refractivity contribution < 1.29 is 0 Å². The molecule has 0 atom stereocenters. The van der Waals surface area contributed by atoms with Gasteiger partial charge in [0.1, 0.15) is 0 Å². The Balaban J connectivity index is 0. The predicted molar refractivity (Wildman–Crippen MR) is 98.9 cm³/mol. The second-order valence-corrected chi connectivity index (χ2v) is 5.89. The van der Waals surface area contributed by atoms with Gasteiger partial charge in [-0.1, -0.05) is 76.9 Å². The number of rotatable bonds is 16. The number of hydrogen-bond donors (Lipinski definition) is 2. The molecular formula is C18H39ClN2. The van der Waals surface area contributed by atoms with Crippen molar-refractivity contribution in [3.63, 3.8) is 0 Å². The quantitative estimate of drug-likeness (QED) is 0.161. The summed E-state index contributed by atoms with van der Waals surface area (Å²) < 4.78 is 0. The van der Waals surface area contributed by atoms with Crippen LogP contribution in [0.5, 0.6) is 0 Å². The van der Waals surface area contributed by atoms with Crippen LogP contribution in [0, 0.1) is 0 Å². The predicted octanol–water partition coefficient (Wildman–Crippen LogP) is 5.91. The SMILES string of the molecule is CCCCCCCCC=CCCCCCCCCNN.Cl. The summed E-state index contributed by atoms with van der Waals surface area (Å²) in [6.07, 6.45) is 23.8. The second kappa shape index (κ2) is 22.2. The zero-order chi connectivity index (χ0) is 14.7. The molecule has 0 rings (SSSR count). The third-order valence-electron chi connectivity index (χ3n) is 3.83. The molecule has 0 aliphatic carbocycles. The van der Waals surface area contributed by atoms with Crippen LogP contribution in [-0.4, -0.2) is 6.54 Å². The Bertz CT molecular complexity index is 196. The number of nitrogens with two attached hydrogens (primary N) is 1. The van der Waals surface area contributed by atoms with Crippen molar-refractivity contribution in [2.24, 2.45) is 5.84 Å². The number of halogens is 1. The van der Waals surface area contributed by atoms with E-state index in [4.69, 9.17) is 5.84 Å². The molecule has 0 aliphatic rings. The molecule has 0 bridgehead atoms. The highest BCUT2D eigenvalue weighted by atomic mass is 35.5. The lowest BCUT2D eigenvalue weighted by molar-refractivity contribution is 0.574. The molecule has 0 radical (unpaired) electrons. The summed E-state index contributed by atoms with van der Waals surface area (Å²) in [5.41, 5.74) is 2.71. The summed E-state index contributed by atoms with van der Waals surface area (Å²) in [6, 6.07) is 0. The summed E-state index contributed by atoms with van der Waals surface area (Å²) in [5, 5.41) is 0. The lowest BCUT2D eigenvalue weighted by atomic mass is 10.1. The fraction of sp³-hybridized carbons (Fsp3) is 0.889. The van der Waals surface area contributed by atoms with Crippen LogP contribution in [0.2, 0.25) is 0 Å². The number of allylic oxidation sites excluding steroid dienone is 2. The molecule has 21 heavy (non-hydrogen) atoms. The molecule has 2 nitrogen and oxygen atoms in total. The topological polar surface area (TPSA) is 38.0 Å². The average Bonchev–Trinajstić information content (AvgIpc) is 2.47. The van der Waals surface area contributed by atoms with Gasteiger partial charge in [-0.2, -0.15) is 0 Å². The molecule has 0 aromatic rings. The summed E-state index contributed by atoms with van der Waals surface area (Å²) in [6.45, 7) is 3.24. The van der Waals surface area contributed by atoms with E-state index in [2.05, 4.69) is 24.5 Å². The summed E-state index contributed by atoms with van der Waals surface area (Å²) in [7, 11) is 0. The third-order valence-corrected chi connectivity index (χ3v) is 3.83. The van der Waals surface area contributed by atoms with Gasteiger partial charge in [0, 0.05) is 6.54 Å². The van der Waals surface area contributed by atoms with Gasteiger partial charge < -0.3 is 0 Å². The van der Waals surface area contributed by atoms with Crippen LogP contribution in [0.1, 0.15) is 96.8 Å². The van der Waals surface area contributed by atoms with Gasteiger partial charge in [0.25, 0.3) is 0 Å². The lowest BCUT2D eigenvalue weighted by Gasteiger charge is -2.00. The van der Waals surface area contributed by atoms with E-state index >= 15 is 0 Å². The molecule has 0 aromatic carbocycles. The average molecular weight is 319 g/mol. The molecule has 3 N–H and O–H groups in total. The van der Waals surface area contributed by atoms with Crippen molar-refractivity contribution in [3.8, 4) is 0 Å². The Morgan fingerprint density at radius 2 is 1.10 bits per heavy atom. The first-order valence-electron chi connectivity index (χ1n) is 9.00. The first kappa shape index (κ1) is 23.2. The Morgan fingerprint density at radius 3 is 1.57 bits per heavy atom. The Kier molecular flexibility index (Phi) is 24.6. The van der Waals surface area contributed by atoms with Gasteiger partial charge in [-0.3, -0.25) is 11.3 Å². The molecule has 0 amide bonds. The second-order valence-electron chi connectivity index (χ2n) is 5.89. The maximum absolute atomic E-state index is 5.23. The van der Waals surface area contributed by atoms with Gasteiger partial charge >= 0.3 is 0 Å². The Labute approximate surface area is 139 Å². The van der Waals surface area contributed by atoms with E-state index in [1.807, 2.05) is 0 Å². The minimum absolute atomic E-state index is 0. The minimum Gasteiger partial charge on any atom is -0.271 e. The molecule has 0 aromatic heterocycles. The molecule has 0 saturated heterocycles. The molecular weight excluding hydrogens is 280 g/mol. The highest BCUT2D eigenvalue weighted by Gasteiger charge is 1.91. The highest BCUT2D eigenvalue weighted by Crippen LogP contribution is 2.09. The molecule has 0 heterocycles. The summed E-state index contributed by atoms with van der Waals surface area (Å²) in [4.78, 5) is 0. The van der Waals surface area contributed by atoms with Crippen LogP contribution in [0.3, 0.4) is 0 Å². The van der Waals surface area contributed by atoms with E-state index in [1.54, 1.807) is 0 Å². The van der Waals surface area contributed by atoms with E-state index in [0.717, 1.165) is 6.54 Å². The normalized spacial score (nSPS) is 11.0. The first-order chi connectivity index (χ1) is 9.91. The van der Waals surface area contributed by atoms with Gasteiger partial charge in [0.15, 0.2) is 0 Å². The van der Waals surface area contributed by atoms with Gasteiger partial charge in [-0.25, -0.2) is 0 Å². The molecule has 0 saturated carbocycles. The third kappa shape index (κ3) is 22.4. The largest absolute Gasteiger partial charge is 0.271 e. The fourth-order valence-electron chi connectivity index (χ4n) is 2.47. The number of unbranched alkanes of at least 4 members (excludes halogenated alkanes) is 12. The number of nitrogens with one attached hydrogen (secondary N) is 1. The van der Waals surface area contributed by atoms with Crippen molar-refractivity contribution in [2.45, 2.75) is 96.8 Å². The van der Waals surface area contributed by atoms with E-state index < -0.39 is 0 Å².